The van der Waals surface area contributed by atoms with Crippen molar-refractivity contribution in [3.05, 3.63) is 34.9 Å². The number of benzene rings is 1. The molecule has 4 heteroatoms. The average Bonchev–Trinajstić information content (AvgIpc) is 2.39. The maximum absolute atomic E-state index is 12.0. The zero-order valence-corrected chi connectivity index (χ0v) is 14.8. The molecule has 4 nitrogen and oxygen atoms in total. The highest BCUT2D eigenvalue weighted by molar-refractivity contribution is 5.68. The molecular formula is C18H30N2O2. The molecule has 0 aromatic heterocycles. The minimum absolute atomic E-state index is 0.246. The summed E-state index contributed by atoms with van der Waals surface area (Å²) in [5.74, 6) is 0. The van der Waals surface area contributed by atoms with Crippen LogP contribution in [0, 0.1) is 13.8 Å². The van der Waals surface area contributed by atoms with Crippen LogP contribution < -0.4 is 5.32 Å². The molecule has 1 rings (SSSR count). The third-order valence-corrected chi connectivity index (χ3v) is 3.54. The average molecular weight is 306 g/mol. The van der Waals surface area contributed by atoms with Crippen molar-refractivity contribution in [3.8, 4) is 0 Å². The Morgan fingerprint density at radius 3 is 2.32 bits per heavy atom. The Morgan fingerprint density at radius 2 is 1.82 bits per heavy atom. The second-order valence-electron chi connectivity index (χ2n) is 6.61. The standard InChI is InChI=1S/C18H30N2O2/c1-7-20(17(21)22-18(4,5)6)12-11-19-13-16-14(2)9-8-10-15(16)3/h8-10,19H,7,11-13H2,1-6H3. The maximum atomic E-state index is 12.0. The first-order valence-electron chi connectivity index (χ1n) is 7.98. The van der Waals surface area contributed by atoms with E-state index in [0.29, 0.717) is 13.1 Å². The van der Waals surface area contributed by atoms with Gasteiger partial charge in [0.15, 0.2) is 0 Å². The van der Waals surface area contributed by atoms with Gasteiger partial charge in [-0.1, -0.05) is 18.2 Å². The molecule has 0 atom stereocenters. The normalized spacial score (nSPS) is 11.4. The molecule has 0 bridgehead atoms. The molecule has 0 radical (unpaired) electrons. The van der Waals surface area contributed by atoms with E-state index in [4.69, 9.17) is 4.74 Å². The van der Waals surface area contributed by atoms with Crippen molar-refractivity contribution in [1.29, 1.82) is 0 Å². The Balaban J connectivity index is 2.43. The third-order valence-electron chi connectivity index (χ3n) is 3.54. The summed E-state index contributed by atoms with van der Waals surface area (Å²) in [6, 6.07) is 6.33. The summed E-state index contributed by atoms with van der Waals surface area (Å²) in [5.41, 5.74) is 3.48. The van der Waals surface area contributed by atoms with E-state index in [1.165, 1.54) is 16.7 Å². The summed E-state index contributed by atoms with van der Waals surface area (Å²) in [7, 11) is 0. The van der Waals surface area contributed by atoms with Crippen molar-refractivity contribution in [2.75, 3.05) is 19.6 Å². The van der Waals surface area contributed by atoms with E-state index >= 15 is 0 Å². The Bertz CT molecular complexity index is 472. The fraction of sp³-hybridized carbons (Fsp3) is 0.611. The van der Waals surface area contributed by atoms with Crippen molar-refractivity contribution in [2.24, 2.45) is 0 Å². The molecule has 0 spiro atoms. The maximum Gasteiger partial charge on any atom is 0.410 e. The predicted molar refractivity (Wildman–Crippen MR) is 91.1 cm³/mol. The lowest BCUT2D eigenvalue weighted by Gasteiger charge is -2.26. The van der Waals surface area contributed by atoms with Gasteiger partial charge in [0.1, 0.15) is 5.60 Å². The van der Waals surface area contributed by atoms with Crippen LogP contribution in [0.15, 0.2) is 18.2 Å². The summed E-state index contributed by atoms with van der Waals surface area (Å²) >= 11 is 0. The molecule has 0 saturated heterocycles. The molecule has 22 heavy (non-hydrogen) atoms. The topological polar surface area (TPSA) is 41.6 Å². The molecule has 1 N–H and O–H groups in total. The number of likely N-dealkylation sites (N-methyl/N-ethyl adjacent to an activating group) is 1. The van der Waals surface area contributed by atoms with Gasteiger partial charge in [0.05, 0.1) is 0 Å². The van der Waals surface area contributed by atoms with Gasteiger partial charge in [0.2, 0.25) is 0 Å². The van der Waals surface area contributed by atoms with E-state index < -0.39 is 5.60 Å². The Morgan fingerprint density at radius 1 is 1.23 bits per heavy atom. The van der Waals surface area contributed by atoms with E-state index in [1.807, 2.05) is 27.7 Å². The Hall–Kier alpha value is -1.55. The van der Waals surface area contributed by atoms with Crippen LogP contribution in [-0.4, -0.2) is 36.2 Å². The quantitative estimate of drug-likeness (QED) is 0.816. The minimum atomic E-state index is -0.448. The first-order chi connectivity index (χ1) is 10.2. The van der Waals surface area contributed by atoms with Crippen molar-refractivity contribution >= 4 is 6.09 Å². The molecule has 0 aliphatic carbocycles. The van der Waals surface area contributed by atoms with Crippen LogP contribution >= 0.6 is 0 Å². The van der Waals surface area contributed by atoms with Crippen LogP contribution in [0.3, 0.4) is 0 Å². The number of carbonyl (C=O) groups is 1. The monoisotopic (exact) mass is 306 g/mol. The molecule has 1 aromatic carbocycles. The minimum Gasteiger partial charge on any atom is -0.444 e. The van der Waals surface area contributed by atoms with E-state index in [0.717, 1.165) is 13.1 Å². The Kier molecular flexibility index (Phi) is 6.88. The number of rotatable bonds is 6. The lowest BCUT2D eigenvalue weighted by atomic mass is 10.0. The number of aryl methyl sites for hydroxylation is 2. The second-order valence-corrected chi connectivity index (χ2v) is 6.61. The van der Waals surface area contributed by atoms with Crippen LogP contribution in [0.2, 0.25) is 0 Å². The summed E-state index contributed by atoms with van der Waals surface area (Å²) in [4.78, 5) is 13.8. The van der Waals surface area contributed by atoms with Crippen LogP contribution in [0.1, 0.15) is 44.4 Å². The molecule has 0 unspecified atom stereocenters. The molecule has 0 fully saturated rings. The number of nitrogens with one attached hydrogen (secondary N) is 1. The van der Waals surface area contributed by atoms with Gasteiger partial charge in [0, 0.05) is 26.2 Å². The molecule has 124 valence electrons. The van der Waals surface area contributed by atoms with E-state index in [1.54, 1.807) is 4.90 Å². The molecule has 0 aliphatic heterocycles. The van der Waals surface area contributed by atoms with Crippen molar-refractivity contribution < 1.29 is 9.53 Å². The van der Waals surface area contributed by atoms with Gasteiger partial charge < -0.3 is 15.0 Å². The highest BCUT2D eigenvalue weighted by atomic mass is 16.6. The van der Waals surface area contributed by atoms with Gasteiger partial charge >= 0.3 is 6.09 Å². The van der Waals surface area contributed by atoms with Crippen LogP contribution in [-0.2, 0) is 11.3 Å². The zero-order chi connectivity index (χ0) is 16.8. The highest BCUT2D eigenvalue weighted by Gasteiger charge is 2.20. The summed E-state index contributed by atoms with van der Waals surface area (Å²) in [6.07, 6.45) is -0.246. The third kappa shape index (κ3) is 6.06. The summed E-state index contributed by atoms with van der Waals surface area (Å²) in [6.45, 7) is 14.8. The zero-order valence-electron chi connectivity index (χ0n) is 14.8. The Labute approximate surface area is 134 Å². The van der Waals surface area contributed by atoms with Crippen LogP contribution in [0.4, 0.5) is 4.79 Å². The van der Waals surface area contributed by atoms with Gasteiger partial charge in [-0.2, -0.15) is 0 Å². The number of carbonyl (C=O) groups excluding carboxylic acids is 1. The first-order valence-corrected chi connectivity index (χ1v) is 7.98. The van der Waals surface area contributed by atoms with E-state index in [2.05, 4.69) is 37.4 Å². The van der Waals surface area contributed by atoms with Crippen molar-refractivity contribution in [3.63, 3.8) is 0 Å². The van der Waals surface area contributed by atoms with Gasteiger partial charge in [0.25, 0.3) is 0 Å². The van der Waals surface area contributed by atoms with E-state index in [9.17, 15) is 4.79 Å². The summed E-state index contributed by atoms with van der Waals surface area (Å²) in [5, 5.41) is 3.42. The van der Waals surface area contributed by atoms with Crippen LogP contribution in [0.5, 0.6) is 0 Å². The largest absolute Gasteiger partial charge is 0.444 e. The van der Waals surface area contributed by atoms with Gasteiger partial charge in [-0.05, 0) is 58.2 Å². The SMILES string of the molecule is CCN(CCNCc1c(C)cccc1C)C(=O)OC(C)(C)C. The van der Waals surface area contributed by atoms with Gasteiger partial charge in [-0.15, -0.1) is 0 Å². The number of ether oxygens (including phenoxy) is 1. The molecular weight excluding hydrogens is 276 g/mol. The fourth-order valence-electron chi connectivity index (χ4n) is 2.26. The molecule has 0 heterocycles. The van der Waals surface area contributed by atoms with Crippen molar-refractivity contribution in [2.45, 2.75) is 53.7 Å². The predicted octanol–water partition coefficient (Wildman–Crippen LogP) is 3.65. The second kappa shape index (κ2) is 8.18. The molecule has 1 aromatic rings. The van der Waals surface area contributed by atoms with E-state index in [-0.39, 0.29) is 6.09 Å². The number of hydrogen-bond donors (Lipinski definition) is 1. The summed E-state index contributed by atoms with van der Waals surface area (Å²) < 4.78 is 5.40. The lowest BCUT2D eigenvalue weighted by Crippen LogP contribution is -2.40. The number of nitrogens with zero attached hydrogens (tertiary/aromatic N) is 1. The van der Waals surface area contributed by atoms with Crippen molar-refractivity contribution in [1.82, 2.24) is 10.2 Å². The molecule has 0 aliphatic rings. The lowest BCUT2D eigenvalue weighted by molar-refractivity contribution is 0.0262. The number of hydrogen-bond acceptors (Lipinski definition) is 3. The smallest absolute Gasteiger partial charge is 0.410 e. The highest BCUT2D eigenvalue weighted by Crippen LogP contribution is 2.13. The fourth-order valence-corrected chi connectivity index (χ4v) is 2.26. The van der Waals surface area contributed by atoms with Crippen LogP contribution in [0.25, 0.3) is 0 Å². The molecule has 0 saturated carbocycles. The first kappa shape index (κ1) is 18.5. The van der Waals surface area contributed by atoms with Gasteiger partial charge in [-0.3, -0.25) is 0 Å². The van der Waals surface area contributed by atoms with Gasteiger partial charge in [-0.25, -0.2) is 4.79 Å². The number of amides is 1. The molecule has 1 amide bonds.